The Morgan fingerprint density at radius 1 is 0.941 bits per heavy atom. The van der Waals surface area contributed by atoms with Crippen LogP contribution in [0.2, 0.25) is 0 Å². The molecule has 8 heteroatoms. The lowest BCUT2D eigenvalue weighted by Gasteiger charge is -2.24. The zero-order valence-electron chi connectivity index (χ0n) is 18.8. The lowest BCUT2D eigenvalue weighted by Crippen LogP contribution is -2.36. The topological polar surface area (TPSA) is 72.5 Å². The largest absolute Gasteiger partial charge is 0.312 e. The second-order valence-electron chi connectivity index (χ2n) is 7.79. The van der Waals surface area contributed by atoms with Gasteiger partial charge in [-0.1, -0.05) is 60.3 Å². The summed E-state index contributed by atoms with van der Waals surface area (Å²) in [7, 11) is 0. The number of carbonyl (C=O) groups is 1. The van der Waals surface area contributed by atoms with Crippen molar-refractivity contribution in [3.63, 3.8) is 0 Å². The van der Waals surface area contributed by atoms with Crippen molar-refractivity contribution in [1.82, 2.24) is 19.2 Å². The zero-order chi connectivity index (χ0) is 23.7. The average Bonchev–Trinajstić information content (AvgIpc) is 3.29. The van der Waals surface area contributed by atoms with Crippen molar-refractivity contribution in [2.75, 3.05) is 11.4 Å². The maximum Gasteiger partial charge on any atom is 0.267 e. The van der Waals surface area contributed by atoms with Gasteiger partial charge in [0.2, 0.25) is 11.7 Å². The molecule has 170 valence electrons. The number of hydrogen-bond acceptors (Lipinski definition) is 5. The number of thioether (sulfide) groups is 1. The Hall–Kier alpha value is -3.91. The van der Waals surface area contributed by atoms with Crippen LogP contribution >= 0.6 is 11.8 Å². The molecule has 7 nitrogen and oxygen atoms in total. The Morgan fingerprint density at radius 2 is 1.59 bits per heavy atom. The second-order valence-corrected chi connectivity index (χ2v) is 9.10. The fourth-order valence-corrected chi connectivity index (χ4v) is 4.98. The van der Waals surface area contributed by atoms with E-state index in [1.807, 2.05) is 97.1 Å². The van der Waals surface area contributed by atoms with Crippen molar-refractivity contribution < 1.29 is 4.79 Å². The van der Waals surface area contributed by atoms with Gasteiger partial charge in [0.05, 0.1) is 21.8 Å². The van der Waals surface area contributed by atoms with E-state index in [1.54, 1.807) is 15.5 Å². The van der Waals surface area contributed by atoms with Crippen LogP contribution in [-0.4, -0.2) is 36.9 Å². The van der Waals surface area contributed by atoms with Crippen LogP contribution in [-0.2, 0) is 4.79 Å². The smallest absolute Gasteiger partial charge is 0.267 e. The van der Waals surface area contributed by atoms with Crippen molar-refractivity contribution in [3.05, 3.63) is 95.3 Å². The standard InChI is InChI=1S/C26H23N5O2S/c1-3-29(19-12-6-4-7-13-19)23(32)18(2)34-26-28-27-25-30(20-14-8-5-9-15-20)24(33)21-16-10-11-17-22(21)31(25)26/h4-18H,3H2,1-2H3/t18-/m1/s1. The molecule has 0 unspecified atom stereocenters. The van der Waals surface area contributed by atoms with Crippen LogP contribution in [0.4, 0.5) is 5.69 Å². The van der Waals surface area contributed by atoms with Gasteiger partial charge >= 0.3 is 0 Å². The number of rotatable bonds is 6. The predicted octanol–water partition coefficient (Wildman–Crippen LogP) is 4.57. The third-order valence-electron chi connectivity index (χ3n) is 5.69. The van der Waals surface area contributed by atoms with Gasteiger partial charge in [-0.2, -0.15) is 0 Å². The number of hydrogen-bond donors (Lipinski definition) is 0. The number of fused-ring (bicyclic) bond motifs is 3. The molecule has 0 bridgehead atoms. The lowest BCUT2D eigenvalue weighted by molar-refractivity contribution is -0.117. The normalized spacial score (nSPS) is 12.2. The highest BCUT2D eigenvalue weighted by Crippen LogP contribution is 2.28. The van der Waals surface area contributed by atoms with Crippen molar-refractivity contribution in [2.45, 2.75) is 24.3 Å². The first kappa shape index (κ1) is 21.9. The van der Waals surface area contributed by atoms with Gasteiger partial charge in [0, 0.05) is 12.2 Å². The van der Waals surface area contributed by atoms with Crippen molar-refractivity contribution in [1.29, 1.82) is 0 Å². The molecule has 0 aliphatic carbocycles. The Bertz CT molecular complexity index is 1530. The second kappa shape index (κ2) is 9.15. The molecule has 0 aliphatic rings. The molecule has 0 saturated heterocycles. The minimum absolute atomic E-state index is 0.0175. The van der Waals surface area contributed by atoms with Gasteiger partial charge in [-0.3, -0.25) is 14.0 Å². The van der Waals surface area contributed by atoms with Crippen molar-refractivity contribution >= 4 is 40.0 Å². The molecule has 0 radical (unpaired) electrons. The van der Waals surface area contributed by atoms with E-state index in [0.29, 0.717) is 34.1 Å². The van der Waals surface area contributed by atoms with Crippen LogP contribution < -0.4 is 10.5 Å². The SMILES string of the molecule is CCN(C(=O)[C@@H](C)Sc1nnc2n(-c3ccccc3)c(=O)c3ccccc3n12)c1ccccc1. The summed E-state index contributed by atoms with van der Waals surface area (Å²) in [6.45, 7) is 4.39. The Morgan fingerprint density at radius 3 is 2.29 bits per heavy atom. The van der Waals surface area contributed by atoms with Gasteiger partial charge in [-0.25, -0.2) is 4.57 Å². The number of benzene rings is 3. The van der Waals surface area contributed by atoms with E-state index in [9.17, 15) is 9.59 Å². The van der Waals surface area contributed by atoms with Gasteiger partial charge < -0.3 is 4.90 Å². The number of aromatic nitrogens is 4. The molecule has 0 saturated carbocycles. The molecule has 0 fully saturated rings. The lowest BCUT2D eigenvalue weighted by atomic mass is 10.2. The number of carbonyl (C=O) groups excluding carboxylic acids is 1. The molecular weight excluding hydrogens is 446 g/mol. The number of anilines is 1. The van der Waals surface area contributed by atoms with Crippen LogP contribution in [0.3, 0.4) is 0 Å². The number of para-hydroxylation sites is 3. The van der Waals surface area contributed by atoms with Gasteiger partial charge in [-0.15, -0.1) is 10.2 Å². The predicted molar refractivity (Wildman–Crippen MR) is 136 cm³/mol. The van der Waals surface area contributed by atoms with Crippen LogP contribution in [0.1, 0.15) is 13.8 Å². The summed E-state index contributed by atoms with van der Waals surface area (Å²) in [6, 6.07) is 26.4. The zero-order valence-corrected chi connectivity index (χ0v) is 19.6. The van der Waals surface area contributed by atoms with E-state index >= 15 is 0 Å². The molecule has 0 spiro atoms. The van der Waals surface area contributed by atoms with E-state index in [-0.39, 0.29) is 11.5 Å². The van der Waals surface area contributed by atoms with Crippen molar-refractivity contribution in [2.24, 2.45) is 0 Å². The first-order valence-electron chi connectivity index (χ1n) is 11.1. The average molecular weight is 470 g/mol. The van der Waals surface area contributed by atoms with Crippen molar-refractivity contribution in [3.8, 4) is 5.69 Å². The van der Waals surface area contributed by atoms with Gasteiger partial charge in [-0.05, 0) is 50.2 Å². The minimum atomic E-state index is -0.413. The maximum absolute atomic E-state index is 13.4. The quantitative estimate of drug-likeness (QED) is 0.341. The maximum atomic E-state index is 13.4. The van der Waals surface area contributed by atoms with E-state index in [4.69, 9.17) is 0 Å². The monoisotopic (exact) mass is 469 g/mol. The van der Waals surface area contributed by atoms with Gasteiger partial charge in [0.15, 0.2) is 5.16 Å². The van der Waals surface area contributed by atoms with E-state index in [0.717, 1.165) is 5.69 Å². The first-order valence-corrected chi connectivity index (χ1v) is 12.0. The molecule has 1 amide bonds. The van der Waals surface area contributed by atoms with E-state index < -0.39 is 5.25 Å². The van der Waals surface area contributed by atoms with E-state index in [1.165, 1.54) is 11.8 Å². The summed E-state index contributed by atoms with van der Waals surface area (Å²) in [5.74, 6) is 0.392. The third-order valence-corrected chi connectivity index (χ3v) is 6.72. The fourth-order valence-electron chi connectivity index (χ4n) is 4.07. The molecule has 0 N–H and O–H groups in total. The summed E-state index contributed by atoms with van der Waals surface area (Å²) in [5, 5.41) is 9.47. The van der Waals surface area contributed by atoms with E-state index in [2.05, 4.69) is 10.2 Å². The first-order chi connectivity index (χ1) is 16.6. The number of nitrogens with zero attached hydrogens (tertiary/aromatic N) is 5. The molecule has 2 heterocycles. The van der Waals surface area contributed by atoms with Gasteiger partial charge in [0.25, 0.3) is 5.56 Å². The molecule has 0 aliphatic heterocycles. The van der Waals surface area contributed by atoms with Crippen LogP contribution in [0, 0.1) is 0 Å². The molecule has 3 aromatic carbocycles. The van der Waals surface area contributed by atoms with Crippen LogP contribution in [0.25, 0.3) is 22.4 Å². The molecule has 34 heavy (non-hydrogen) atoms. The highest BCUT2D eigenvalue weighted by molar-refractivity contribution is 8.00. The summed E-state index contributed by atoms with van der Waals surface area (Å²) < 4.78 is 3.42. The molecule has 5 aromatic rings. The highest BCUT2D eigenvalue weighted by Gasteiger charge is 2.25. The third kappa shape index (κ3) is 3.76. The summed E-state index contributed by atoms with van der Waals surface area (Å²) >= 11 is 1.33. The van der Waals surface area contributed by atoms with Crippen LogP contribution in [0.15, 0.2) is 94.9 Å². The van der Waals surface area contributed by atoms with Gasteiger partial charge in [0.1, 0.15) is 0 Å². The molecule has 2 aromatic heterocycles. The molecular formula is C26H23N5O2S. The Kier molecular flexibility index (Phi) is 5.90. The molecule has 5 rings (SSSR count). The minimum Gasteiger partial charge on any atom is -0.312 e. The fraction of sp³-hybridized carbons (Fsp3) is 0.154. The Balaban J connectivity index is 1.61. The summed E-state index contributed by atoms with van der Waals surface area (Å²) in [4.78, 5) is 28.5. The number of amides is 1. The highest BCUT2D eigenvalue weighted by atomic mass is 32.2. The summed E-state index contributed by atoms with van der Waals surface area (Å²) in [5.41, 5.74) is 2.11. The van der Waals surface area contributed by atoms with Crippen LogP contribution in [0.5, 0.6) is 0 Å². The molecule has 1 atom stereocenters. The summed E-state index contributed by atoms with van der Waals surface area (Å²) in [6.07, 6.45) is 0. The Labute approximate surface area is 200 Å².